The van der Waals surface area contributed by atoms with Gasteiger partial charge in [0.2, 0.25) is 0 Å². The van der Waals surface area contributed by atoms with Gasteiger partial charge >= 0.3 is 6.03 Å². The molecule has 0 saturated heterocycles. The lowest BCUT2D eigenvalue weighted by molar-refractivity contribution is 0.218. The van der Waals surface area contributed by atoms with Crippen molar-refractivity contribution < 1.29 is 4.79 Å². The van der Waals surface area contributed by atoms with Crippen molar-refractivity contribution in [2.75, 3.05) is 38.2 Å². The van der Waals surface area contributed by atoms with Gasteiger partial charge < -0.3 is 21.3 Å². The topological polar surface area (TPSA) is 83.3 Å². The molecule has 106 valence electrons. The van der Waals surface area contributed by atoms with Crippen molar-refractivity contribution in [1.29, 1.82) is 0 Å². The highest BCUT2D eigenvalue weighted by Crippen LogP contribution is 2.26. The fourth-order valence-electron chi connectivity index (χ4n) is 1.87. The van der Waals surface area contributed by atoms with Crippen LogP contribution in [0, 0.1) is 0 Å². The monoisotopic (exact) mass is 273 g/mol. The molecule has 2 aromatic rings. The molecule has 2 amide bonds. The second kappa shape index (κ2) is 6.10. The summed E-state index contributed by atoms with van der Waals surface area (Å²) in [6, 6.07) is 7.68. The summed E-state index contributed by atoms with van der Waals surface area (Å²) in [5.41, 5.74) is 8.30. The quantitative estimate of drug-likeness (QED) is 0.737. The van der Waals surface area contributed by atoms with Crippen molar-refractivity contribution in [3.8, 4) is 0 Å². The summed E-state index contributed by atoms with van der Waals surface area (Å²) >= 11 is 0. The maximum atomic E-state index is 11.4. The number of nitrogen functional groups attached to an aromatic ring is 1. The number of urea groups is 1. The highest BCUT2D eigenvalue weighted by molar-refractivity contribution is 5.96. The number of hydrogen-bond donors (Lipinski definition) is 3. The molecule has 0 radical (unpaired) electrons. The van der Waals surface area contributed by atoms with Gasteiger partial charge in [-0.3, -0.25) is 4.98 Å². The zero-order valence-corrected chi connectivity index (χ0v) is 11.7. The second-order valence-electron chi connectivity index (χ2n) is 4.66. The molecular weight excluding hydrogens is 254 g/mol. The van der Waals surface area contributed by atoms with Gasteiger partial charge in [0.25, 0.3) is 0 Å². The minimum Gasteiger partial charge on any atom is -0.396 e. The standard InChI is InChI=1S/C14H19N5O/c1-19(2)14(20)17-8-7-16-13-10-5-3-4-6-12(10)18-9-11(13)15/h3-6,9H,7-8,15H2,1-2H3,(H,16,18)(H,17,20). The van der Waals surface area contributed by atoms with E-state index >= 15 is 0 Å². The minimum absolute atomic E-state index is 0.112. The number of carbonyl (C=O) groups excluding carboxylic acids is 1. The number of amides is 2. The fourth-order valence-corrected chi connectivity index (χ4v) is 1.87. The third-order valence-corrected chi connectivity index (χ3v) is 2.91. The van der Waals surface area contributed by atoms with Crippen LogP contribution in [0.3, 0.4) is 0 Å². The van der Waals surface area contributed by atoms with Gasteiger partial charge in [-0.05, 0) is 6.07 Å². The molecule has 0 unspecified atom stereocenters. The van der Waals surface area contributed by atoms with E-state index in [0.717, 1.165) is 16.6 Å². The Balaban J connectivity index is 2.03. The molecule has 0 atom stereocenters. The zero-order valence-electron chi connectivity index (χ0n) is 11.7. The van der Waals surface area contributed by atoms with Crippen molar-refractivity contribution in [2.45, 2.75) is 0 Å². The second-order valence-corrected chi connectivity index (χ2v) is 4.66. The minimum atomic E-state index is -0.112. The molecule has 1 aromatic carbocycles. The van der Waals surface area contributed by atoms with Crippen LogP contribution in [0.4, 0.5) is 16.2 Å². The summed E-state index contributed by atoms with van der Waals surface area (Å²) in [5.74, 6) is 0. The molecule has 6 heteroatoms. The zero-order chi connectivity index (χ0) is 14.5. The number of carbonyl (C=O) groups is 1. The number of rotatable bonds is 4. The number of aromatic nitrogens is 1. The fraction of sp³-hybridized carbons (Fsp3) is 0.286. The maximum absolute atomic E-state index is 11.4. The Kier molecular flexibility index (Phi) is 4.24. The van der Waals surface area contributed by atoms with Crippen LogP contribution in [0.2, 0.25) is 0 Å². The van der Waals surface area contributed by atoms with Crippen LogP contribution in [0.15, 0.2) is 30.5 Å². The molecule has 20 heavy (non-hydrogen) atoms. The van der Waals surface area contributed by atoms with E-state index in [-0.39, 0.29) is 6.03 Å². The summed E-state index contributed by atoms with van der Waals surface area (Å²) in [5, 5.41) is 7.02. The predicted octanol–water partition coefficient (Wildman–Crippen LogP) is 1.50. The molecule has 0 spiro atoms. The predicted molar refractivity (Wildman–Crippen MR) is 81.7 cm³/mol. The lowest BCUT2D eigenvalue weighted by Gasteiger charge is -2.14. The molecule has 4 N–H and O–H groups in total. The lowest BCUT2D eigenvalue weighted by Crippen LogP contribution is -2.37. The molecule has 2 rings (SSSR count). The van der Waals surface area contributed by atoms with Crippen molar-refractivity contribution in [3.05, 3.63) is 30.5 Å². The Hall–Kier alpha value is -2.50. The Labute approximate surface area is 118 Å². The average Bonchev–Trinajstić information content (AvgIpc) is 2.45. The normalized spacial score (nSPS) is 10.3. The first kappa shape index (κ1) is 13.9. The molecule has 0 aliphatic carbocycles. The van der Waals surface area contributed by atoms with Crippen molar-refractivity contribution in [1.82, 2.24) is 15.2 Å². The molecule has 1 heterocycles. The van der Waals surface area contributed by atoms with Gasteiger partial charge in [0.05, 0.1) is 23.1 Å². The summed E-state index contributed by atoms with van der Waals surface area (Å²) in [6.45, 7) is 1.12. The van der Waals surface area contributed by atoms with Crippen molar-refractivity contribution >= 4 is 28.3 Å². The highest BCUT2D eigenvalue weighted by Gasteiger charge is 2.06. The van der Waals surface area contributed by atoms with E-state index in [1.807, 2.05) is 24.3 Å². The molecule has 0 aliphatic heterocycles. The summed E-state index contributed by atoms with van der Waals surface area (Å²) in [6.07, 6.45) is 1.64. The van der Waals surface area contributed by atoms with Gasteiger partial charge in [-0.25, -0.2) is 4.79 Å². The molecule has 1 aromatic heterocycles. The number of nitrogens with one attached hydrogen (secondary N) is 2. The number of fused-ring (bicyclic) bond motifs is 1. The average molecular weight is 273 g/mol. The lowest BCUT2D eigenvalue weighted by atomic mass is 10.1. The van der Waals surface area contributed by atoms with Crippen LogP contribution in [0.25, 0.3) is 10.9 Å². The Morgan fingerprint density at radius 1 is 1.30 bits per heavy atom. The summed E-state index contributed by atoms with van der Waals surface area (Å²) in [7, 11) is 3.41. The van der Waals surface area contributed by atoms with E-state index in [2.05, 4.69) is 15.6 Å². The Morgan fingerprint density at radius 3 is 2.80 bits per heavy atom. The highest BCUT2D eigenvalue weighted by atomic mass is 16.2. The van der Waals surface area contributed by atoms with Gasteiger partial charge in [0.15, 0.2) is 0 Å². The van der Waals surface area contributed by atoms with Crippen LogP contribution >= 0.6 is 0 Å². The van der Waals surface area contributed by atoms with Crippen LogP contribution in [-0.2, 0) is 0 Å². The maximum Gasteiger partial charge on any atom is 0.316 e. The van der Waals surface area contributed by atoms with E-state index in [1.165, 1.54) is 4.90 Å². The SMILES string of the molecule is CN(C)C(=O)NCCNc1c(N)cnc2ccccc12. The van der Waals surface area contributed by atoms with Gasteiger partial charge in [-0.1, -0.05) is 18.2 Å². The third-order valence-electron chi connectivity index (χ3n) is 2.91. The Morgan fingerprint density at radius 2 is 2.05 bits per heavy atom. The number of hydrogen-bond acceptors (Lipinski definition) is 4. The van der Waals surface area contributed by atoms with Crippen LogP contribution < -0.4 is 16.4 Å². The van der Waals surface area contributed by atoms with E-state index < -0.39 is 0 Å². The van der Waals surface area contributed by atoms with Crippen LogP contribution in [0.1, 0.15) is 0 Å². The number of anilines is 2. The third kappa shape index (κ3) is 3.09. The van der Waals surface area contributed by atoms with Gasteiger partial charge in [-0.2, -0.15) is 0 Å². The van der Waals surface area contributed by atoms with E-state index in [1.54, 1.807) is 20.3 Å². The molecule has 0 aliphatic rings. The number of nitrogens with zero attached hydrogens (tertiary/aromatic N) is 2. The Bertz CT molecular complexity index is 612. The molecule has 0 fully saturated rings. The van der Waals surface area contributed by atoms with Gasteiger partial charge in [-0.15, -0.1) is 0 Å². The van der Waals surface area contributed by atoms with Gasteiger partial charge in [0.1, 0.15) is 0 Å². The smallest absolute Gasteiger partial charge is 0.316 e. The van der Waals surface area contributed by atoms with E-state index in [4.69, 9.17) is 5.73 Å². The number of nitrogens with two attached hydrogens (primary N) is 1. The van der Waals surface area contributed by atoms with E-state index in [0.29, 0.717) is 18.8 Å². The van der Waals surface area contributed by atoms with Crippen LogP contribution in [-0.4, -0.2) is 43.1 Å². The molecule has 6 nitrogen and oxygen atoms in total. The number of benzene rings is 1. The van der Waals surface area contributed by atoms with Gasteiger partial charge in [0, 0.05) is 32.6 Å². The summed E-state index contributed by atoms with van der Waals surface area (Å²) < 4.78 is 0. The summed E-state index contributed by atoms with van der Waals surface area (Å²) in [4.78, 5) is 17.2. The van der Waals surface area contributed by atoms with Crippen LogP contribution in [0.5, 0.6) is 0 Å². The van der Waals surface area contributed by atoms with Crippen molar-refractivity contribution in [3.63, 3.8) is 0 Å². The number of para-hydroxylation sites is 1. The van der Waals surface area contributed by atoms with Crippen molar-refractivity contribution in [2.24, 2.45) is 0 Å². The first-order chi connectivity index (χ1) is 9.59. The first-order valence-corrected chi connectivity index (χ1v) is 6.42. The molecular formula is C14H19N5O. The number of pyridine rings is 1. The van der Waals surface area contributed by atoms with E-state index in [9.17, 15) is 4.79 Å². The first-order valence-electron chi connectivity index (χ1n) is 6.42. The largest absolute Gasteiger partial charge is 0.396 e. The molecule has 0 saturated carbocycles. The molecule has 0 bridgehead atoms.